The molecule has 1 N–H and O–H groups in total. The van der Waals surface area contributed by atoms with Gasteiger partial charge in [0.05, 0.1) is 5.56 Å². The van der Waals surface area contributed by atoms with Gasteiger partial charge in [-0.1, -0.05) is 30.3 Å². The van der Waals surface area contributed by atoms with Crippen molar-refractivity contribution in [1.29, 1.82) is 0 Å². The van der Waals surface area contributed by atoms with E-state index in [2.05, 4.69) is 9.97 Å². The Kier molecular flexibility index (Phi) is 3.92. The number of carbonyl (C=O) groups is 1. The highest BCUT2D eigenvalue weighted by atomic mass is 16.3. The van der Waals surface area contributed by atoms with E-state index in [0.29, 0.717) is 24.5 Å². The lowest BCUT2D eigenvalue weighted by Gasteiger charge is -2.15. The summed E-state index contributed by atoms with van der Waals surface area (Å²) in [4.78, 5) is 22.6. The number of nitrogens with zero attached hydrogens (tertiary/aromatic N) is 3. The van der Waals surface area contributed by atoms with E-state index < -0.39 is 0 Å². The number of aliphatic hydroxyl groups is 1. The molecule has 2 heterocycles. The highest BCUT2D eigenvalue weighted by Gasteiger charge is 2.26. The highest BCUT2D eigenvalue weighted by Crippen LogP contribution is 2.19. The second-order valence-corrected chi connectivity index (χ2v) is 5.25. The second-order valence-electron chi connectivity index (χ2n) is 5.25. The number of rotatable bonds is 3. The van der Waals surface area contributed by atoms with Crippen LogP contribution in [0.1, 0.15) is 16.8 Å². The summed E-state index contributed by atoms with van der Waals surface area (Å²) in [5.41, 5.74) is 1.42. The van der Waals surface area contributed by atoms with Crippen molar-refractivity contribution in [2.24, 2.45) is 5.92 Å². The van der Waals surface area contributed by atoms with Crippen LogP contribution >= 0.6 is 0 Å². The minimum absolute atomic E-state index is 0.0643. The van der Waals surface area contributed by atoms with Crippen LogP contribution < -0.4 is 0 Å². The fourth-order valence-electron chi connectivity index (χ4n) is 2.52. The number of likely N-dealkylation sites (tertiary alicyclic amines) is 1. The summed E-state index contributed by atoms with van der Waals surface area (Å²) in [6.45, 7) is 1.42. The standard InChI is InChI=1S/C16H17N3O2/c20-11-12-6-7-19(10-12)16(21)14-8-17-15(18-9-14)13-4-2-1-3-5-13/h1-5,8-9,12,20H,6-7,10-11H2. The molecule has 1 atom stereocenters. The average Bonchev–Trinajstić information content (AvgIpc) is 3.04. The molecule has 0 aliphatic carbocycles. The molecule has 1 fully saturated rings. The van der Waals surface area contributed by atoms with Crippen LogP contribution in [0.3, 0.4) is 0 Å². The van der Waals surface area contributed by atoms with Gasteiger partial charge in [-0.3, -0.25) is 4.79 Å². The van der Waals surface area contributed by atoms with E-state index in [1.165, 1.54) is 0 Å². The monoisotopic (exact) mass is 283 g/mol. The van der Waals surface area contributed by atoms with E-state index in [1.54, 1.807) is 17.3 Å². The van der Waals surface area contributed by atoms with Gasteiger partial charge in [-0.15, -0.1) is 0 Å². The van der Waals surface area contributed by atoms with Crippen molar-refractivity contribution in [1.82, 2.24) is 14.9 Å². The molecule has 1 aliphatic heterocycles. The number of aromatic nitrogens is 2. The summed E-state index contributed by atoms with van der Waals surface area (Å²) < 4.78 is 0. The minimum Gasteiger partial charge on any atom is -0.396 e. The third-order valence-electron chi connectivity index (χ3n) is 3.76. The lowest BCUT2D eigenvalue weighted by atomic mass is 10.1. The molecule has 1 unspecified atom stereocenters. The molecule has 1 amide bonds. The predicted octanol–water partition coefficient (Wildman–Crippen LogP) is 1.60. The van der Waals surface area contributed by atoms with Crippen LogP contribution in [0.15, 0.2) is 42.7 Å². The van der Waals surface area contributed by atoms with E-state index >= 15 is 0 Å². The molecule has 0 saturated carbocycles. The topological polar surface area (TPSA) is 66.3 Å². The van der Waals surface area contributed by atoms with Crippen molar-refractivity contribution < 1.29 is 9.90 Å². The number of hydrogen-bond donors (Lipinski definition) is 1. The first-order chi connectivity index (χ1) is 10.3. The maximum atomic E-state index is 12.3. The fraction of sp³-hybridized carbons (Fsp3) is 0.312. The van der Waals surface area contributed by atoms with Gasteiger partial charge in [-0.05, 0) is 6.42 Å². The molecule has 1 aromatic carbocycles. The Morgan fingerprint density at radius 3 is 2.57 bits per heavy atom. The predicted molar refractivity (Wildman–Crippen MR) is 78.6 cm³/mol. The van der Waals surface area contributed by atoms with Crippen LogP contribution in [0.5, 0.6) is 0 Å². The van der Waals surface area contributed by atoms with Crippen LogP contribution in [0.2, 0.25) is 0 Å². The average molecular weight is 283 g/mol. The maximum absolute atomic E-state index is 12.3. The Labute approximate surface area is 123 Å². The zero-order chi connectivity index (χ0) is 14.7. The van der Waals surface area contributed by atoms with E-state index in [0.717, 1.165) is 12.0 Å². The second kappa shape index (κ2) is 6.01. The Hall–Kier alpha value is -2.27. The first-order valence-corrected chi connectivity index (χ1v) is 7.05. The Morgan fingerprint density at radius 2 is 1.95 bits per heavy atom. The Bertz CT molecular complexity index is 613. The summed E-state index contributed by atoms with van der Waals surface area (Å²) in [6.07, 6.45) is 4.00. The van der Waals surface area contributed by atoms with Gasteiger partial charge < -0.3 is 10.0 Å². The molecular formula is C16H17N3O2. The van der Waals surface area contributed by atoms with Gasteiger partial charge in [0.2, 0.25) is 0 Å². The molecule has 21 heavy (non-hydrogen) atoms. The number of carbonyl (C=O) groups excluding carboxylic acids is 1. The van der Waals surface area contributed by atoms with Crippen LogP contribution in [-0.2, 0) is 0 Å². The number of benzene rings is 1. The Morgan fingerprint density at radius 1 is 1.24 bits per heavy atom. The number of hydrogen-bond acceptors (Lipinski definition) is 4. The number of amides is 1. The maximum Gasteiger partial charge on any atom is 0.257 e. The van der Waals surface area contributed by atoms with Crippen LogP contribution in [0.4, 0.5) is 0 Å². The zero-order valence-electron chi connectivity index (χ0n) is 11.6. The molecule has 5 nitrogen and oxygen atoms in total. The molecule has 0 spiro atoms. The number of aliphatic hydroxyl groups excluding tert-OH is 1. The van der Waals surface area contributed by atoms with Crippen molar-refractivity contribution in [3.8, 4) is 11.4 Å². The zero-order valence-corrected chi connectivity index (χ0v) is 11.6. The summed E-state index contributed by atoms with van der Waals surface area (Å²) >= 11 is 0. The molecule has 1 aromatic heterocycles. The van der Waals surface area contributed by atoms with Gasteiger partial charge in [0.1, 0.15) is 0 Å². The third-order valence-corrected chi connectivity index (χ3v) is 3.76. The molecule has 0 bridgehead atoms. The summed E-state index contributed by atoms with van der Waals surface area (Å²) in [5, 5.41) is 9.14. The molecule has 1 saturated heterocycles. The van der Waals surface area contributed by atoms with E-state index in [4.69, 9.17) is 5.11 Å². The van der Waals surface area contributed by atoms with Crippen molar-refractivity contribution in [3.63, 3.8) is 0 Å². The molecule has 2 aromatic rings. The van der Waals surface area contributed by atoms with Crippen molar-refractivity contribution in [2.75, 3.05) is 19.7 Å². The van der Waals surface area contributed by atoms with Crippen LogP contribution in [-0.4, -0.2) is 45.6 Å². The van der Waals surface area contributed by atoms with Crippen molar-refractivity contribution >= 4 is 5.91 Å². The first kappa shape index (κ1) is 13.7. The first-order valence-electron chi connectivity index (χ1n) is 7.05. The minimum atomic E-state index is -0.0643. The normalized spacial score (nSPS) is 18.0. The van der Waals surface area contributed by atoms with Crippen molar-refractivity contribution in [2.45, 2.75) is 6.42 Å². The summed E-state index contributed by atoms with van der Waals surface area (Å²) in [6, 6.07) is 9.66. The molecule has 1 aliphatic rings. The van der Waals surface area contributed by atoms with Gasteiger partial charge in [-0.2, -0.15) is 0 Å². The van der Waals surface area contributed by atoms with Gasteiger partial charge >= 0.3 is 0 Å². The molecule has 108 valence electrons. The van der Waals surface area contributed by atoms with E-state index in [9.17, 15) is 4.79 Å². The van der Waals surface area contributed by atoms with Crippen molar-refractivity contribution in [3.05, 3.63) is 48.3 Å². The quantitative estimate of drug-likeness (QED) is 0.929. The lowest BCUT2D eigenvalue weighted by molar-refractivity contribution is 0.0781. The highest BCUT2D eigenvalue weighted by molar-refractivity contribution is 5.93. The SMILES string of the molecule is O=C(c1cnc(-c2ccccc2)nc1)N1CCC(CO)C1. The van der Waals surface area contributed by atoms with Crippen LogP contribution in [0.25, 0.3) is 11.4 Å². The van der Waals surface area contributed by atoms with Gasteiger partial charge in [0.15, 0.2) is 5.82 Å². The van der Waals surface area contributed by atoms with Crippen LogP contribution in [0, 0.1) is 5.92 Å². The summed E-state index contributed by atoms with van der Waals surface area (Å²) in [5.74, 6) is 0.742. The molecule has 3 rings (SSSR count). The summed E-state index contributed by atoms with van der Waals surface area (Å²) in [7, 11) is 0. The van der Waals surface area contributed by atoms with Gasteiger partial charge in [0, 0.05) is 43.6 Å². The van der Waals surface area contributed by atoms with Gasteiger partial charge in [-0.25, -0.2) is 9.97 Å². The third kappa shape index (κ3) is 2.92. The van der Waals surface area contributed by atoms with Gasteiger partial charge in [0.25, 0.3) is 5.91 Å². The lowest BCUT2D eigenvalue weighted by Crippen LogP contribution is -2.29. The van der Waals surface area contributed by atoms with E-state index in [1.807, 2.05) is 30.3 Å². The Balaban J connectivity index is 1.74. The smallest absolute Gasteiger partial charge is 0.257 e. The fourth-order valence-corrected chi connectivity index (χ4v) is 2.52. The molecular weight excluding hydrogens is 266 g/mol. The largest absolute Gasteiger partial charge is 0.396 e. The molecule has 0 radical (unpaired) electrons. The molecule has 5 heteroatoms. The van der Waals surface area contributed by atoms with E-state index in [-0.39, 0.29) is 18.4 Å².